The van der Waals surface area contributed by atoms with Crippen LogP contribution in [0.3, 0.4) is 0 Å². The number of alkyl carbamates (subject to hydrolysis) is 1. The molecule has 3 aromatic carbocycles. The van der Waals surface area contributed by atoms with Crippen molar-refractivity contribution in [2.45, 2.75) is 31.4 Å². The van der Waals surface area contributed by atoms with Crippen LogP contribution in [0.2, 0.25) is 0 Å². The molecule has 0 saturated carbocycles. The predicted molar refractivity (Wildman–Crippen MR) is 212 cm³/mol. The zero-order chi connectivity index (χ0) is 39.2. The number of nitrogens with two attached hydrogens (primary N) is 1. The molecule has 0 saturated heterocycles. The number of amidine groups is 1. The van der Waals surface area contributed by atoms with Gasteiger partial charge in [-0.3, -0.25) is 19.8 Å². The van der Waals surface area contributed by atoms with Crippen LogP contribution >= 0.6 is 23.1 Å². The third-order valence-corrected chi connectivity index (χ3v) is 9.70. The number of carbonyl (C=O) groups is 5. The summed E-state index contributed by atoms with van der Waals surface area (Å²) < 4.78 is 5.22. The molecule has 0 radical (unpaired) electrons. The van der Waals surface area contributed by atoms with Crippen LogP contribution in [0.4, 0.5) is 21.0 Å². The first-order valence-corrected chi connectivity index (χ1v) is 19.0. The molecular weight excluding hydrogens is 745 g/mol. The van der Waals surface area contributed by atoms with E-state index in [1.54, 1.807) is 43.1 Å². The number of rotatable bonds is 16. The minimum Gasteiger partial charge on any atom is -0.445 e. The van der Waals surface area contributed by atoms with Gasteiger partial charge >= 0.3 is 12.1 Å². The van der Waals surface area contributed by atoms with Crippen molar-refractivity contribution in [3.05, 3.63) is 112 Å². The number of hydrogen-bond acceptors (Lipinski definition) is 11. The molecule has 0 unspecified atom stereocenters. The topological polar surface area (TPSA) is 233 Å². The number of para-hydroxylation sites is 1. The average Bonchev–Trinajstić information content (AvgIpc) is 3.57. The quantitative estimate of drug-likeness (QED) is 0.0290. The van der Waals surface area contributed by atoms with Gasteiger partial charge < -0.3 is 42.0 Å². The molecule has 4 aromatic rings. The molecule has 1 atom stereocenters. The van der Waals surface area contributed by atoms with Gasteiger partial charge in [-0.05, 0) is 23.8 Å². The number of likely N-dealkylation sites (N-methyl/N-ethyl adjacent to an activating group) is 1. The molecule has 6 amide bonds. The van der Waals surface area contributed by atoms with E-state index in [1.807, 2.05) is 60.0 Å². The number of thioether (sulfide) groups is 1. The Hall–Kier alpha value is -6.27. The second-order valence-electron chi connectivity index (χ2n) is 12.0. The Balaban J connectivity index is 1.01. The highest BCUT2D eigenvalue weighted by Crippen LogP contribution is 2.27. The first kappa shape index (κ1) is 39.9. The molecule has 16 nitrogen and oxygen atoms in total. The van der Waals surface area contributed by atoms with E-state index in [0.29, 0.717) is 47.1 Å². The number of aromatic nitrogens is 1. The number of fused-ring (bicyclic) bond motifs is 1. The highest BCUT2D eigenvalue weighted by atomic mass is 32.2. The van der Waals surface area contributed by atoms with Crippen LogP contribution in [-0.2, 0) is 37.9 Å². The van der Waals surface area contributed by atoms with E-state index < -0.39 is 42.4 Å². The number of ether oxygens (including phenoxy) is 1. The smallest absolute Gasteiger partial charge is 0.408 e. The van der Waals surface area contributed by atoms with Gasteiger partial charge in [0.15, 0.2) is 0 Å². The summed E-state index contributed by atoms with van der Waals surface area (Å²) in [6, 6.07) is 22.7. The number of hydrogen-bond donors (Lipinski definition) is 7. The number of amides is 6. The van der Waals surface area contributed by atoms with Crippen LogP contribution in [0.25, 0.3) is 0 Å². The van der Waals surface area contributed by atoms with Crippen LogP contribution in [0.5, 0.6) is 0 Å². The SMILES string of the molecule is CN1C(=O)[C@H](NC(=O)Nc2cccc(COC(=O)NCNC(=O)CC(=O)NCCSCc3csc(CC(=N)N)n3)c2)N=C(c2ccccc2)c2ccccc21. The van der Waals surface area contributed by atoms with E-state index >= 15 is 0 Å². The number of benzene rings is 3. The van der Waals surface area contributed by atoms with Crippen molar-refractivity contribution >= 4 is 75.9 Å². The first-order chi connectivity index (χ1) is 26.5. The monoisotopic (exact) mass is 784 g/mol. The number of aliphatic imine (C=N–C) groups is 1. The van der Waals surface area contributed by atoms with Crippen LogP contribution in [0, 0.1) is 5.41 Å². The minimum atomic E-state index is -1.21. The highest BCUT2D eigenvalue weighted by Gasteiger charge is 2.31. The molecule has 55 heavy (non-hydrogen) atoms. The molecule has 2 heterocycles. The summed E-state index contributed by atoms with van der Waals surface area (Å²) in [4.78, 5) is 73.6. The van der Waals surface area contributed by atoms with E-state index in [9.17, 15) is 24.0 Å². The average molecular weight is 785 g/mol. The van der Waals surface area contributed by atoms with Gasteiger partial charge in [-0.1, -0.05) is 60.7 Å². The largest absolute Gasteiger partial charge is 0.445 e. The lowest BCUT2D eigenvalue weighted by atomic mass is 10.0. The summed E-state index contributed by atoms with van der Waals surface area (Å²) in [5.74, 6) is -0.120. The summed E-state index contributed by atoms with van der Waals surface area (Å²) in [5, 5.41) is 22.9. The van der Waals surface area contributed by atoms with Gasteiger partial charge in [-0.25, -0.2) is 19.6 Å². The van der Waals surface area contributed by atoms with Gasteiger partial charge in [0.25, 0.3) is 5.91 Å². The van der Waals surface area contributed by atoms with Gasteiger partial charge in [0, 0.05) is 47.3 Å². The minimum absolute atomic E-state index is 0.0642. The lowest BCUT2D eigenvalue weighted by molar-refractivity contribution is -0.129. The van der Waals surface area contributed by atoms with Crippen LogP contribution in [-0.4, -0.2) is 78.6 Å². The number of benzodiazepines with no additional fused rings is 1. The molecule has 5 rings (SSSR count). The van der Waals surface area contributed by atoms with Crippen molar-refractivity contribution in [1.82, 2.24) is 26.3 Å². The first-order valence-electron chi connectivity index (χ1n) is 17.0. The fourth-order valence-corrected chi connectivity index (χ4v) is 6.93. The maximum absolute atomic E-state index is 13.4. The molecule has 0 aliphatic carbocycles. The van der Waals surface area contributed by atoms with Crippen molar-refractivity contribution in [3.8, 4) is 0 Å². The number of anilines is 2. The van der Waals surface area contributed by atoms with Gasteiger partial charge in [0.2, 0.25) is 18.0 Å². The Morgan fingerprint density at radius 1 is 0.982 bits per heavy atom. The third kappa shape index (κ3) is 12.1. The Kier molecular flexibility index (Phi) is 14.3. The zero-order valence-electron chi connectivity index (χ0n) is 29.8. The third-order valence-electron chi connectivity index (χ3n) is 7.81. The molecule has 0 spiro atoms. The van der Waals surface area contributed by atoms with E-state index in [0.717, 1.165) is 21.8 Å². The normalized spacial score (nSPS) is 13.4. The molecule has 0 fully saturated rings. The van der Waals surface area contributed by atoms with Crippen molar-refractivity contribution < 1.29 is 28.7 Å². The van der Waals surface area contributed by atoms with Crippen molar-refractivity contribution in [2.24, 2.45) is 10.7 Å². The Bertz CT molecular complexity index is 2060. The van der Waals surface area contributed by atoms with Gasteiger partial charge in [-0.15, -0.1) is 11.3 Å². The van der Waals surface area contributed by atoms with Crippen LogP contribution in [0.1, 0.15) is 33.8 Å². The maximum Gasteiger partial charge on any atom is 0.408 e. The lowest BCUT2D eigenvalue weighted by Gasteiger charge is -2.21. The zero-order valence-corrected chi connectivity index (χ0v) is 31.4. The van der Waals surface area contributed by atoms with Crippen LogP contribution < -0.4 is 37.2 Å². The molecule has 1 aliphatic heterocycles. The molecular formula is C37H40N10O6S2. The predicted octanol–water partition coefficient (Wildman–Crippen LogP) is 3.32. The fourth-order valence-electron chi connectivity index (χ4n) is 5.26. The maximum atomic E-state index is 13.4. The summed E-state index contributed by atoms with van der Waals surface area (Å²) >= 11 is 3.02. The number of nitrogens with one attached hydrogen (secondary N) is 6. The van der Waals surface area contributed by atoms with Gasteiger partial charge in [-0.2, -0.15) is 11.8 Å². The Morgan fingerprint density at radius 2 is 1.75 bits per heavy atom. The number of carbonyl (C=O) groups excluding carboxylic acids is 5. The van der Waals surface area contributed by atoms with E-state index in [1.165, 1.54) is 16.2 Å². The van der Waals surface area contributed by atoms with Crippen molar-refractivity contribution in [2.75, 3.05) is 36.2 Å². The second kappa shape index (κ2) is 19.7. The standard InChI is InChI=1S/C37H40N10O6S2/c1-47-28-13-6-5-12-27(28)33(24-9-3-2-4-10-24)45-34(35(47)50)46-36(51)44-25-11-7-8-23(16-25)19-53-37(52)42-22-41-31(49)18-30(48)40-14-15-54-20-26-21-55-32(43-26)17-29(38)39/h2-13,16,21,34H,14-15,17-20,22H2,1H3,(H3,38,39)(H,40,48)(H,41,49)(H,42,52)(H2,44,46,51)/t34-/m0/s1. The van der Waals surface area contributed by atoms with E-state index in [4.69, 9.17) is 15.9 Å². The van der Waals surface area contributed by atoms with Crippen molar-refractivity contribution in [1.29, 1.82) is 5.41 Å². The lowest BCUT2D eigenvalue weighted by Crippen LogP contribution is -2.47. The molecule has 18 heteroatoms. The number of nitrogens with zero attached hydrogens (tertiary/aromatic N) is 3. The van der Waals surface area contributed by atoms with Crippen molar-refractivity contribution in [3.63, 3.8) is 0 Å². The molecule has 8 N–H and O–H groups in total. The molecule has 1 aromatic heterocycles. The highest BCUT2D eigenvalue weighted by molar-refractivity contribution is 7.98. The molecule has 1 aliphatic rings. The summed E-state index contributed by atoms with van der Waals surface area (Å²) in [7, 11) is 1.63. The molecule has 0 bridgehead atoms. The summed E-state index contributed by atoms with van der Waals surface area (Å²) in [6.45, 7) is -0.0326. The Morgan fingerprint density at radius 3 is 2.55 bits per heavy atom. The summed E-state index contributed by atoms with van der Waals surface area (Å²) in [5.41, 5.74) is 10.00. The van der Waals surface area contributed by atoms with Crippen LogP contribution in [0.15, 0.2) is 89.2 Å². The van der Waals surface area contributed by atoms with E-state index in [2.05, 4.69) is 36.6 Å². The Labute approximate surface area is 325 Å². The van der Waals surface area contributed by atoms with E-state index in [-0.39, 0.29) is 19.1 Å². The van der Waals surface area contributed by atoms with Gasteiger partial charge in [0.05, 0.1) is 36.0 Å². The molecule has 286 valence electrons. The van der Waals surface area contributed by atoms with Gasteiger partial charge in [0.1, 0.15) is 18.0 Å². The second-order valence-corrected chi connectivity index (χ2v) is 14.1. The number of urea groups is 1. The summed E-state index contributed by atoms with van der Waals surface area (Å²) in [6.07, 6.45) is -2.10. The fraction of sp³-hybridized carbons (Fsp3) is 0.243. The number of thiazole rings is 1.